The number of rotatable bonds is 6. The fraction of sp³-hybridized carbons (Fsp3) is 0.556. The van der Waals surface area contributed by atoms with Crippen LogP contribution in [0.5, 0.6) is 5.75 Å². The van der Waals surface area contributed by atoms with Gasteiger partial charge in [0.15, 0.2) is 0 Å². The number of hydrogen-bond acceptors (Lipinski definition) is 4. The van der Waals surface area contributed by atoms with Crippen LogP contribution in [-0.4, -0.2) is 34.9 Å². The van der Waals surface area contributed by atoms with Crippen LogP contribution in [0.25, 0.3) is 0 Å². The Morgan fingerprint density at radius 1 is 1.33 bits per heavy atom. The van der Waals surface area contributed by atoms with Crippen molar-refractivity contribution in [1.29, 1.82) is 0 Å². The standard InChI is InChI=1S/C18H25NO4S/c1-12(24-14-9-7-13(23-3)8-10-14)16(20)19-18(2)11-5-4-6-15(18)17(21)22/h7-10,12,15H,4-6,11H2,1-3H3,(H,19,20)(H,21,22). The summed E-state index contributed by atoms with van der Waals surface area (Å²) < 4.78 is 5.13. The Hall–Kier alpha value is -1.69. The number of hydrogen-bond donors (Lipinski definition) is 2. The zero-order valence-corrected chi connectivity index (χ0v) is 15.2. The molecule has 0 spiro atoms. The van der Waals surface area contributed by atoms with E-state index in [9.17, 15) is 14.7 Å². The Morgan fingerprint density at radius 2 is 2.00 bits per heavy atom. The second-order valence-corrected chi connectivity index (χ2v) is 7.89. The molecule has 0 radical (unpaired) electrons. The van der Waals surface area contributed by atoms with Gasteiger partial charge in [0.25, 0.3) is 0 Å². The van der Waals surface area contributed by atoms with Crippen LogP contribution < -0.4 is 10.1 Å². The largest absolute Gasteiger partial charge is 0.497 e. The molecule has 2 rings (SSSR count). The Balaban J connectivity index is 2.00. The minimum atomic E-state index is -0.826. The van der Waals surface area contributed by atoms with E-state index in [2.05, 4.69) is 5.32 Å². The second kappa shape index (κ2) is 7.92. The van der Waals surface area contributed by atoms with Gasteiger partial charge in [-0.25, -0.2) is 0 Å². The minimum absolute atomic E-state index is 0.119. The topological polar surface area (TPSA) is 75.6 Å². The van der Waals surface area contributed by atoms with Gasteiger partial charge in [-0.2, -0.15) is 0 Å². The number of ether oxygens (including phenoxy) is 1. The molecule has 0 aliphatic heterocycles. The predicted octanol–water partition coefficient (Wildman–Crippen LogP) is 3.33. The number of aliphatic carboxylic acids is 1. The summed E-state index contributed by atoms with van der Waals surface area (Å²) in [6, 6.07) is 7.54. The summed E-state index contributed by atoms with van der Waals surface area (Å²) in [6.07, 6.45) is 3.17. The quantitative estimate of drug-likeness (QED) is 0.769. The predicted molar refractivity (Wildman–Crippen MR) is 94.5 cm³/mol. The summed E-state index contributed by atoms with van der Waals surface area (Å²) in [6.45, 7) is 3.69. The molecule has 1 aromatic rings. The van der Waals surface area contributed by atoms with E-state index in [0.717, 1.165) is 23.5 Å². The molecule has 3 unspecified atom stereocenters. The lowest BCUT2D eigenvalue weighted by molar-refractivity contribution is -0.146. The lowest BCUT2D eigenvalue weighted by Crippen LogP contribution is -2.56. The third-order valence-electron chi connectivity index (χ3n) is 4.66. The van der Waals surface area contributed by atoms with Gasteiger partial charge in [0.1, 0.15) is 5.75 Å². The normalized spacial score (nSPS) is 24.9. The first-order valence-corrected chi connectivity index (χ1v) is 9.09. The molecule has 1 fully saturated rings. The summed E-state index contributed by atoms with van der Waals surface area (Å²) in [5.41, 5.74) is -0.671. The van der Waals surface area contributed by atoms with E-state index in [4.69, 9.17) is 4.74 Å². The van der Waals surface area contributed by atoms with Crippen molar-refractivity contribution in [2.75, 3.05) is 7.11 Å². The second-order valence-electron chi connectivity index (χ2n) is 6.48. The van der Waals surface area contributed by atoms with Crippen molar-refractivity contribution in [1.82, 2.24) is 5.32 Å². The van der Waals surface area contributed by atoms with Crippen LogP contribution >= 0.6 is 11.8 Å². The Bertz CT molecular complexity index is 589. The molecule has 6 heteroatoms. The van der Waals surface area contributed by atoms with Gasteiger partial charge in [0.2, 0.25) is 5.91 Å². The highest BCUT2D eigenvalue weighted by Crippen LogP contribution is 2.34. The number of carboxylic acids is 1. The zero-order valence-electron chi connectivity index (χ0n) is 14.4. The van der Waals surface area contributed by atoms with Crippen LogP contribution in [0, 0.1) is 5.92 Å². The summed E-state index contributed by atoms with van der Waals surface area (Å²) in [7, 11) is 1.61. The molecule has 0 aromatic heterocycles. The number of thioether (sulfide) groups is 1. The van der Waals surface area contributed by atoms with Crippen LogP contribution in [0.15, 0.2) is 29.2 Å². The van der Waals surface area contributed by atoms with Crippen molar-refractivity contribution >= 4 is 23.6 Å². The first-order valence-electron chi connectivity index (χ1n) is 8.21. The zero-order chi connectivity index (χ0) is 17.7. The fourth-order valence-corrected chi connectivity index (χ4v) is 4.04. The van der Waals surface area contributed by atoms with Gasteiger partial charge in [0, 0.05) is 4.90 Å². The fourth-order valence-electron chi connectivity index (χ4n) is 3.17. The van der Waals surface area contributed by atoms with Gasteiger partial charge in [-0.05, 0) is 51.0 Å². The highest BCUT2D eigenvalue weighted by atomic mass is 32.2. The molecule has 5 nitrogen and oxygen atoms in total. The van der Waals surface area contributed by atoms with Gasteiger partial charge in [-0.1, -0.05) is 12.8 Å². The van der Waals surface area contributed by atoms with Crippen molar-refractivity contribution in [3.8, 4) is 5.75 Å². The molecule has 1 aliphatic rings. The highest BCUT2D eigenvalue weighted by Gasteiger charge is 2.42. The van der Waals surface area contributed by atoms with E-state index in [1.165, 1.54) is 11.8 Å². The van der Waals surface area contributed by atoms with Crippen molar-refractivity contribution in [3.05, 3.63) is 24.3 Å². The molecule has 0 heterocycles. The molecular formula is C18H25NO4S. The Kier molecular flexibility index (Phi) is 6.15. The van der Waals surface area contributed by atoms with Gasteiger partial charge in [-0.3, -0.25) is 9.59 Å². The third kappa shape index (κ3) is 4.44. The first kappa shape index (κ1) is 18.6. The SMILES string of the molecule is COc1ccc(SC(C)C(=O)NC2(C)CCCCC2C(=O)O)cc1. The van der Waals surface area contributed by atoms with E-state index >= 15 is 0 Å². The van der Waals surface area contributed by atoms with E-state index in [1.54, 1.807) is 7.11 Å². The average molecular weight is 351 g/mol. The van der Waals surface area contributed by atoms with Crippen LogP contribution in [0.4, 0.5) is 0 Å². The first-order chi connectivity index (χ1) is 11.4. The molecule has 1 amide bonds. The molecule has 1 aliphatic carbocycles. The van der Waals surface area contributed by atoms with Crippen LogP contribution in [0.1, 0.15) is 39.5 Å². The van der Waals surface area contributed by atoms with E-state index in [0.29, 0.717) is 12.8 Å². The van der Waals surface area contributed by atoms with Gasteiger partial charge in [-0.15, -0.1) is 11.8 Å². The van der Waals surface area contributed by atoms with Gasteiger partial charge >= 0.3 is 5.97 Å². The van der Waals surface area contributed by atoms with Crippen LogP contribution in [0.3, 0.4) is 0 Å². The molecule has 1 aromatic carbocycles. The maximum Gasteiger partial charge on any atom is 0.308 e. The molecule has 0 bridgehead atoms. The average Bonchev–Trinajstić information content (AvgIpc) is 2.55. The maximum absolute atomic E-state index is 12.6. The Morgan fingerprint density at radius 3 is 2.58 bits per heavy atom. The number of carbonyl (C=O) groups is 2. The number of methoxy groups -OCH3 is 1. The van der Waals surface area contributed by atoms with E-state index < -0.39 is 17.4 Å². The van der Waals surface area contributed by atoms with Crippen LogP contribution in [-0.2, 0) is 9.59 Å². The molecule has 132 valence electrons. The van der Waals surface area contributed by atoms with E-state index in [-0.39, 0.29) is 11.2 Å². The smallest absolute Gasteiger partial charge is 0.308 e. The van der Waals surface area contributed by atoms with Gasteiger partial charge < -0.3 is 15.2 Å². The number of amides is 1. The number of carboxylic acid groups (broad SMARTS) is 1. The van der Waals surface area contributed by atoms with Crippen molar-refractivity contribution in [3.63, 3.8) is 0 Å². The molecule has 3 atom stereocenters. The molecule has 24 heavy (non-hydrogen) atoms. The van der Waals surface area contributed by atoms with E-state index in [1.807, 2.05) is 38.1 Å². The minimum Gasteiger partial charge on any atom is -0.497 e. The van der Waals surface area contributed by atoms with Crippen molar-refractivity contribution in [2.45, 2.75) is 55.2 Å². The molecule has 2 N–H and O–H groups in total. The number of nitrogens with one attached hydrogen (secondary N) is 1. The maximum atomic E-state index is 12.6. The molecule has 1 saturated carbocycles. The number of carbonyl (C=O) groups excluding carboxylic acids is 1. The third-order valence-corrected chi connectivity index (χ3v) is 5.77. The lowest BCUT2D eigenvalue weighted by Gasteiger charge is -2.40. The summed E-state index contributed by atoms with van der Waals surface area (Å²) in [5.74, 6) is -0.691. The number of benzene rings is 1. The van der Waals surface area contributed by atoms with Crippen molar-refractivity contribution in [2.24, 2.45) is 5.92 Å². The summed E-state index contributed by atoms with van der Waals surface area (Å²) in [4.78, 5) is 25.0. The monoisotopic (exact) mass is 351 g/mol. The Labute approximate surface area is 147 Å². The van der Waals surface area contributed by atoms with Crippen LogP contribution in [0.2, 0.25) is 0 Å². The molecule has 0 saturated heterocycles. The van der Waals surface area contributed by atoms with Gasteiger partial charge in [0.05, 0.1) is 23.8 Å². The molecular weight excluding hydrogens is 326 g/mol. The summed E-state index contributed by atoms with van der Waals surface area (Å²) >= 11 is 1.45. The highest BCUT2D eigenvalue weighted by molar-refractivity contribution is 8.00. The van der Waals surface area contributed by atoms with Crippen molar-refractivity contribution < 1.29 is 19.4 Å². The summed E-state index contributed by atoms with van der Waals surface area (Å²) in [5, 5.41) is 12.1. The lowest BCUT2D eigenvalue weighted by atomic mass is 9.74.